The van der Waals surface area contributed by atoms with E-state index in [4.69, 9.17) is 4.74 Å². The summed E-state index contributed by atoms with van der Waals surface area (Å²) in [5, 5.41) is 9.33. The molecule has 0 bridgehead atoms. The zero-order chi connectivity index (χ0) is 16.2. The number of halogens is 3. The Morgan fingerprint density at radius 1 is 1.23 bits per heavy atom. The zero-order valence-corrected chi connectivity index (χ0v) is 12.1. The number of benzene rings is 1. The molecule has 0 heterocycles. The van der Waals surface area contributed by atoms with Crippen LogP contribution in [0.5, 0.6) is 5.75 Å². The van der Waals surface area contributed by atoms with E-state index in [9.17, 15) is 23.1 Å². The molecular formula is C16H19F3O3. The van der Waals surface area contributed by atoms with Crippen molar-refractivity contribution in [1.29, 1.82) is 0 Å². The van der Waals surface area contributed by atoms with Crippen LogP contribution in [-0.2, 0) is 11.0 Å². The minimum atomic E-state index is -4.51. The van der Waals surface area contributed by atoms with Crippen molar-refractivity contribution in [2.24, 2.45) is 11.8 Å². The molecule has 3 nitrogen and oxygen atoms in total. The Hall–Kier alpha value is -1.72. The maximum Gasteiger partial charge on any atom is 0.419 e. The van der Waals surface area contributed by atoms with Crippen molar-refractivity contribution in [3.05, 3.63) is 29.8 Å². The normalized spacial score (nSPS) is 18.0. The highest BCUT2D eigenvalue weighted by molar-refractivity contribution is 5.70. The lowest BCUT2D eigenvalue weighted by molar-refractivity contribution is -0.145. The maximum absolute atomic E-state index is 12.9. The second-order valence-electron chi connectivity index (χ2n) is 5.65. The van der Waals surface area contributed by atoms with Gasteiger partial charge in [0.05, 0.1) is 11.5 Å². The molecule has 122 valence electrons. The highest BCUT2D eigenvalue weighted by Gasteiger charge is 2.35. The van der Waals surface area contributed by atoms with Gasteiger partial charge in [0.1, 0.15) is 12.4 Å². The van der Waals surface area contributed by atoms with Crippen LogP contribution >= 0.6 is 0 Å². The molecule has 1 aromatic rings. The lowest BCUT2D eigenvalue weighted by Crippen LogP contribution is -2.31. The number of aliphatic carboxylic acids is 1. The SMILES string of the molecule is O=C(O)C(COc1ccccc1C(F)(F)F)C1CCCCC1. The van der Waals surface area contributed by atoms with E-state index < -0.39 is 23.6 Å². The average molecular weight is 316 g/mol. The molecule has 2 rings (SSSR count). The van der Waals surface area contributed by atoms with Crippen LogP contribution in [0.1, 0.15) is 37.7 Å². The molecule has 22 heavy (non-hydrogen) atoms. The molecule has 6 heteroatoms. The highest BCUT2D eigenvalue weighted by Crippen LogP contribution is 2.37. The first kappa shape index (κ1) is 16.6. The van der Waals surface area contributed by atoms with E-state index in [1.165, 1.54) is 18.2 Å². The van der Waals surface area contributed by atoms with Gasteiger partial charge in [0.25, 0.3) is 0 Å². The van der Waals surface area contributed by atoms with Crippen LogP contribution in [0.4, 0.5) is 13.2 Å². The van der Waals surface area contributed by atoms with Crippen molar-refractivity contribution in [3.63, 3.8) is 0 Å². The van der Waals surface area contributed by atoms with Crippen molar-refractivity contribution in [3.8, 4) is 5.75 Å². The summed E-state index contributed by atoms with van der Waals surface area (Å²) in [6.45, 7) is -0.229. The smallest absolute Gasteiger partial charge is 0.419 e. The Balaban J connectivity index is 2.08. The molecule has 1 saturated carbocycles. The quantitative estimate of drug-likeness (QED) is 0.877. The van der Waals surface area contributed by atoms with Crippen molar-refractivity contribution in [1.82, 2.24) is 0 Å². The van der Waals surface area contributed by atoms with Gasteiger partial charge >= 0.3 is 12.1 Å². The number of rotatable bonds is 5. The van der Waals surface area contributed by atoms with Crippen molar-refractivity contribution in [2.45, 2.75) is 38.3 Å². The van der Waals surface area contributed by atoms with Crippen molar-refractivity contribution < 1.29 is 27.8 Å². The molecule has 0 aromatic heterocycles. The number of hydrogen-bond donors (Lipinski definition) is 1. The van der Waals surface area contributed by atoms with Crippen molar-refractivity contribution in [2.75, 3.05) is 6.61 Å². The number of carboxylic acid groups (broad SMARTS) is 1. The summed E-state index contributed by atoms with van der Waals surface area (Å²) in [5.74, 6) is -2.10. The molecule has 1 unspecified atom stereocenters. The standard InChI is InChI=1S/C16H19F3O3/c17-16(18,19)13-8-4-5-9-14(13)22-10-12(15(20)21)11-6-2-1-3-7-11/h4-5,8-9,11-12H,1-3,6-7,10H2,(H,20,21). The summed E-state index contributed by atoms with van der Waals surface area (Å²) in [6, 6.07) is 4.89. The molecule has 1 aromatic carbocycles. The molecule has 1 aliphatic rings. The van der Waals surface area contributed by atoms with Crippen LogP contribution in [0, 0.1) is 11.8 Å². The van der Waals surface area contributed by atoms with Crippen LogP contribution < -0.4 is 4.74 Å². The first-order chi connectivity index (χ1) is 10.4. The predicted molar refractivity (Wildman–Crippen MR) is 74.6 cm³/mol. The van der Waals surface area contributed by atoms with E-state index in [-0.39, 0.29) is 18.3 Å². The first-order valence-corrected chi connectivity index (χ1v) is 7.41. The highest BCUT2D eigenvalue weighted by atomic mass is 19.4. The lowest BCUT2D eigenvalue weighted by Gasteiger charge is -2.27. The largest absolute Gasteiger partial charge is 0.492 e. The van der Waals surface area contributed by atoms with Gasteiger partial charge in [-0.2, -0.15) is 13.2 Å². The van der Waals surface area contributed by atoms with Gasteiger partial charge in [-0.1, -0.05) is 31.4 Å². The number of hydrogen-bond acceptors (Lipinski definition) is 2. The van der Waals surface area contributed by atoms with E-state index in [0.717, 1.165) is 38.2 Å². The minimum Gasteiger partial charge on any atom is -0.492 e. The molecule has 1 aliphatic carbocycles. The Morgan fingerprint density at radius 2 is 1.86 bits per heavy atom. The summed E-state index contributed by atoms with van der Waals surface area (Å²) in [6.07, 6.45) is 0.0877. The maximum atomic E-state index is 12.9. The van der Waals surface area contributed by atoms with Gasteiger partial charge in [-0.25, -0.2) is 0 Å². The average Bonchev–Trinajstić information content (AvgIpc) is 2.47. The monoisotopic (exact) mass is 316 g/mol. The second-order valence-corrected chi connectivity index (χ2v) is 5.65. The number of para-hydroxylation sites is 1. The van der Waals surface area contributed by atoms with E-state index in [0.29, 0.717) is 0 Å². The van der Waals surface area contributed by atoms with Gasteiger partial charge in [-0.15, -0.1) is 0 Å². The van der Waals surface area contributed by atoms with Gasteiger partial charge in [-0.3, -0.25) is 4.79 Å². The van der Waals surface area contributed by atoms with E-state index in [1.807, 2.05) is 0 Å². The van der Waals surface area contributed by atoms with Crippen LogP contribution in [0.3, 0.4) is 0 Å². The summed E-state index contributed by atoms with van der Waals surface area (Å²) in [5.41, 5.74) is -0.872. The first-order valence-electron chi connectivity index (χ1n) is 7.41. The zero-order valence-electron chi connectivity index (χ0n) is 12.1. The number of ether oxygens (including phenoxy) is 1. The van der Waals surface area contributed by atoms with Crippen LogP contribution in [0.25, 0.3) is 0 Å². The van der Waals surface area contributed by atoms with E-state index in [2.05, 4.69) is 0 Å². The lowest BCUT2D eigenvalue weighted by atomic mass is 9.80. The fourth-order valence-electron chi connectivity index (χ4n) is 2.95. The summed E-state index contributed by atoms with van der Waals surface area (Å²) in [7, 11) is 0. The van der Waals surface area contributed by atoms with Gasteiger partial charge in [0.2, 0.25) is 0 Å². The topological polar surface area (TPSA) is 46.5 Å². The Bertz CT molecular complexity index is 508. The third-order valence-electron chi connectivity index (χ3n) is 4.15. The Labute approximate surface area is 127 Å². The summed E-state index contributed by atoms with van der Waals surface area (Å²) in [4.78, 5) is 11.4. The molecule has 1 atom stereocenters. The molecule has 0 spiro atoms. The number of alkyl halides is 3. The molecule has 0 radical (unpaired) electrons. The summed E-state index contributed by atoms with van der Waals surface area (Å²) >= 11 is 0. The van der Waals surface area contributed by atoms with Gasteiger partial charge in [-0.05, 0) is 30.9 Å². The van der Waals surface area contributed by atoms with Crippen LogP contribution in [-0.4, -0.2) is 17.7 Å². The van der Waals surface area contributed by atoms with E-state index >= 15 is 0 Å². The second kappa shape index (κ2) is 7.03. The molecule has 0 aliphatic heterocycles. The third kappa shape index (κ3) is 4.15. The Kier molecular flexibility index (Phi) is 5.32. The fourth-order valence-corrected chi connectivity index (χ4v) is 2.95. The van der Waals surface area contributed by atoms with Crippen LogP contribution in [0.15, 0.2) is 24.3 Å². The molecule has 0 amide bonds. The van der Waals surface area contributed by atoms with Gasteiger partial charge < -0.3 is 9.84 Å². The molecule has 0 saturated heterocycles. The van der Waals surface area contributed by atoms with Crippen LogP contribution in [0.2, 0.25) is 0 Å². The van der Waals surface area contributed by atoms with Gasteiger partial charge in [0.15, 0.2) is 0 Å². The molecule has 1 fully saturated rings. The predicted octanol–water partition coefficient (Wildman–Crippen LogP) is 4.37. The summed E-state index contributed by atoms with van der Waals surface area (Å²) < 4.78 is 43.9. The third-order valence-corrected chi connectivity index (χ3v) is 4.15. The number of carbonyl (C=O) groups is 1. The van der Waals surface area contributed by atoms with Crippen molar-refractivity contribution >= 4 is 5.97 Å². The number of carboxylic acids is 1. The Morgan fingerprint density at radius 3 is 2.45 bits per heavy atom. The fraction of sp³-hybridized carbons (Fsp3) is 0.562. The molecular weight excluding hydrogens is 297 g/mol. The molecule has 1 N–H and O–H groups in total. The van der Waals surface area contributed by atoms with Gasteiger partial charge in [0, 0.05) is 0 Å². The minimum absolute atomic E-state index is 0.0238. The van der Waals surface area contributed by atoms with E-state index in [1.54, 1.807) is 0 Å².